The number of anilines is 2. The Morgan fingerprint density at radius 2 is 2.04 bits per heavy atom. The number of aromatic amines is 1. The summed E-state index contributed by atoms with van der Waals surface area (Å²) in [5.41, 5.74) is 3.68. The molecule has 0 aliphatic carbocycles. The van der Waals surface area contributed by atoms with E-state index in [1.165, 1.54) is 0 Å². The number of hydrogen-bond acceptors (Lipinski definition) is 4. The number of H-pyrrole nitrogens is 1. The second-order valence-corrected chi connectivity index (χ2v) is 6.06. The average molecular weight is 353 g/mol. The van der Waals surface area contributed by atoms with Crippen molar-refractivity contribution < 1.29 is 0 Å². The normalized spacial score (nSPS) is 12.1. The van der Waals surface area contributed by atoms with E-state index in [2.05, 4.69) is 22.1 Å². The van der Waals surface area contributed by atoms with Gasteiger partial charge in [0, 0.05) is 22.0 Å². The van der Waals surface area contributed by atoms with Crippen molar-refractivity contribution in [2.75, 3.05) is 5.32 Å². The number of rotatable bonds is 5. The maximum atomic E-state index is 4.77. The van der Waals surface area contributed by atoms with E-state index in [1.807, 2.05) is 67.6 Å². The average Bonchev–Trinajstić information content (AvgIpc) is 3.16. The fourth-order valence-electron chi connectivity index (χ4n) is 2.89. The van der Waals surface area contributed by atoms with Gasteiger partial charge in [0.15, 0.2) is 5.82 Å². The Hall–Kier alpha value is -3.73. The summed E-state index contributed by atoms with van der Waals surface area (Å²) in [7, 11) is 0. The van der Waals surface area contributed by atoms with E-state index in [1.54, 1.807) is 12.3 Å². The van der Waals surface area contributed by atoms with Crippen LogP contribution in [0.15, 0.2) is 79.5 Å². The monoisotopic (exact) mass is 353 g/mol. The van der Waals surface area contributed by atoms with Crippen LogP contribution < -0.4 is 5.32 Å². The molecule has 0 unspecified atom stereocenters. The van der Waals surface area contributed by atoms with Gasteiger partial charge >= 0.3 is 0 Å². The molecule has 0 fully saturated rings. The molecule has 0 aliphatic rings. The van der Waals surface area contributed by atoms with Gasteiger partial charge in [-0.15, -0.1) is 0 Å². The van der Waals surface area contributed by atoms with E-state index in [4.69, 9.17) is 9.97 Å². The van der Waals surface area contributed by atoms with Gasteiger partial charge in [-0.2, -0.15) is 5.10 Å². The quantitative estimate of drug-likeness (QED) is 0.472. The molecular formula is C22H19N5. The topological polar surface area (TPSA) is 66.5 Å². The van der Waals surface area contributed by atoms with E-state index in [0.29, 0.717) is 5.82 Å². The van der Waals surface area contributed by atoms with Crippen LogP contribution in [0, 0.1) is 0 Å². The first-order valence-electron chi connectivity index (χ1n) is 8.71. The molecule has 132 valence electrons. The van der Waals surface area contributed by atoms with E-state index in [-0.39, 0.29) is 0 Å². The summed E-state index contributed by atoms with van der Waals surface area (Å²) in [6.07, 6.45) is 9.45. The van der Waals surface area contributed by atoms with Crippen molar-refractivity contribution in [1.82, 2.24) is 20.2 Å². The third-order valence-electron chi connectivity index (χ3n) is 4.25. The summed E-state index contributed by atoms with van der Waals surface area (Å²) in [5.74, 6) is 1.39. The van der Waals surface area contributed by atoms with Crippen LogP contribution in [-0.4, -0.2) is 20.2 Å². The zero-order chi connectivity index (χ0) is 18.6. The molecule has 0 radical (unpaired) electrons. The summed E-state index contributed by atoms with van der Waals surface area (Å²) >= 11 is 0. The molecule has 0 saturated carbocycles. The fourth-order valence-corrected chi connectivity index (χ4v) is 2.89. The second-order valence-electron chi connectivity index (χ2n) is 6.06. The van der Waals surface area contributed by atoms with Gasteiger partial charge in [0.05, 0.1) is 17.2 Å². The zero-order valence-electron chi connectivity index (χ0n) is 15.0. The number of aromatic nitrogens is 4. The van der Waals surface area contributed by atoms with Crippen molar-refractivity contribution in [2.45, 2.75) is 6.92 Å². The first-order valence-corrected chi connectivity index (χ1v) is 8.71. The Balaban J connectivity index is 1.83. The predicted octanol–water partition coefficient (Wildman–Crippen LogP) is 5.40. The third kappa shape index (κ3) is 3.35. The lowest BCUT2D eigenvalue weighted by Gasteiger charge is -2.11. The second kappa shape index (κ2) is 7.25. The molecule has 4 aromatic rings. The van der Waals surface area contributed by atoms with Gasteiger partial charge in [0.25, 0.3) is 0 Å². The molecular weight excluding hydrogens is 334 g/mol. The minimum Gasteiger partial charge on any atom is -0.340 e. The summed E-state index contributed by atoms with van der Waals surface area (Å²) in [5, 5.41) is 12.5. The molecule has 4 rings (SSSR count). The Labute approximate surface area is 157 Å². The molecule has 2 aromatic heterocycles. The van der Waals surface area contributed by atoms with Crippen LogP contribution in [0.1, 0.15) is 12.7 Å². The maximum Gasteiger partial charge on any atom is 0.162 e. The number of hydrogen-bond donors (Lipinski definition) is 2. The molecule has 5 heteroatoms. The fraction of sp³-hybridized carbons (Fsp3) is 0.0455. The van der Waals surface area contributed by atoms with Crippen molar-refractivity contribution in [2.24, 2.45) is 0 Å². The highest BCUT2D eigenvalue weighted by Crippen LogP contribution is 2.27. The van der Waals surface area contributed by atoms with Gasteiger partial charge in [-0.25, -0.2) is 9.97 Å². The van der Waals surface area contributed by atoms with Gasteiger partial charge in [0.1, 0.15) is 5.82 Å². The number of nitrogens with one attached hydrogen (secondary N) is 2. The lowest BCUT2D eigenvalue weighted by Crippen LogP contribution is -2.01. The summed E-state index contributed by atoms with van der Waals surface area (Å²) in [4.78, 5) is 9.47. The highest BCUT2D eigenvalue weighted by molar-refractivity contribution is 5.93. The molecule has 0 bridgehead atoms. The van der Waals surface area contributed by atoms with Gasteiger partial charge in [-0.3, -0.25) is 5.10 Å². The van der Waals surface area contributed by atoms with E-state index >= 15 is 0 Å². The van der Waals surface area contributed by atoms with Crippen LogP contribution in [-0.2, 0) is 0 Å². The zero-order valence-corrected chi connectivity index (χ0v) is 15.0. The third-order valence-corrected chi connectivity index (χ3v) is 4.25. The smallest absolute Gasteiger partial charge is 0.162 e. The maximum absolute atomic E-state index is 4.77. The number of benzene rings is 2. The first-order chi connectivity index (χ1) is 13.3. The Kier molecular flexibility index (Phi) is 4.49. The number of allylic oxidation sites excluding steroid dienone is 5. The molecule has 5 nitrogen and oxygen atoms in total. The molecule has 2 N–H and O–H groups in total. The first kappa shape index (κ1) is 16.7. The summed E-state index contributed by atoms with van der Waals surface area (Å²) < 4.78 is 0. The largest absolute Gasteiger partial charge is 0.340 e. The van der Waals surface area contributed by atoms with Crippen LogP contribution in [0.5, 0.6) is 0 Å². The number of para-hydroxylation sites is 1. The lowest BCUT2D eigenvalue weighted by atomic mass is 10.1. The van der Waals surface area contributed by atoms with Gasteiger partial charge in [0.2, 0.25) is 0 Å². The summed E-state index contributed by atoms with van der Waals surface area (Å²) in [6.45, 7) is 5.87. The van der Waals surface area contributed by atoms with Crippen molar-refractivity contribution in [3.8, 4) is 0 Å². The predicted molar refractivity (Wildman–Crippen MR) is 112 cm³/mol. The van der Waals surface area contributed by atoms with Crippen LogP contribution in [0.2, 0.25) is 0 Å². The highest BCUT2D eigenvalue weighted by Gasteiger charge is 2.10. The van der Waals surface area contributed by atoms with Gasteiger partial charge in [-0.05, 0) is 37.3 Å². The minimum atomic E-state index is 0.633. The number of nitrogens with zero attached hydrogens (tertiary/aromatic N) is 3. The molecule has 0 amide bonds. The lowest BCUT2D eigenvalue weighted by molar-refractivity contribution is 1.12. The highest BCUT2D eigenvalue weighted by atomic mass is 15.1. The standard InChI is InChI=1S/C22H19N5/c1-3-5-8-15(4-2)21-25-20-10-7-6-9-18(20)22(26-21)24-17-11-12-19-16(13-17)14-23-27-19/h3-14H,2H2,1H3,(H,23,27)(H,24,25,26)/b5-3-,15-8+. The van der Waals surface area contributed by atoms with Crippen LogP contribution in [0.3, 0.4) is 0 Å². The van der Waals surface area contributed by atoms with Crippen molar-refractivity contribution in [3.05, 3.63) is 85.4 Å². The Morgan fingerprint density at radius 3 is 2.89 bits per heavy atom. The minimum absolute atomic E-state index is 0.633. The van der Waals surface area contributed by atoms with Crippen molar-refractivity contribution in [3.63, 3.8) is 0 Å². The van der Waals surface area contributed by atoms with Gasteiger partial charge < -0.3 is 5.32 Å². The molecule has 2 heterocycles. The van der Waals surface area contributed by atoms with Gasteiger partial charge in [-0.1, -0.05) is 43.0 Å². The van der Waals surface area contributed by atoms with E-state index in [9.17, 15) is 0 Å². The van der Waals surface area contributed by atoms with Crippen LogP contribution in [0.25, 0.3) is 27.4 Å². The summed E-state index contributed by atoms with van der Waals surface area (Å²) in [6, 6.07) is 14.0. The molecule has 0 atom stereocenters. The van der Waals surface area contributed by atoms with Crippen LogP contribution >= 0.6 is 0 Å². The Morgan fingerprint density at radius 1 is 1.15 bits per heavy atom. The molecule has 2 aromatic carbocycles. The molecule has 27 heavy (non-hydrogen) atoms. The van der Waals surface area contributed by atoms with E-state index < -0.39 is 0 Å². The van der Waals surface area contributed by atoms with Crippen molar-refractivity contribution in [1.29, 1.82) is 0 Å². The van der Waals surface area contributed by atoms with Crippen LogP contribution in [0.4, 0.5) is 11.5 Å². The molecule has 0 saturated heterocycles. The SMILES string of the molecule is C=C/C(=C\C=C/C)c1nc(Nc2ccc3[nH]ncc3c2)c2ccccc2n1. The Bertz CT molecular complexity index is 1180. The molecule has 0 spiro atoms. The van der Waals surface area contributed by atoms with E-state index in [0.717, 1.165) is 38.9 Å². The molecule has 0 aliphatic heterocycles. The van der Waals surface area contributed by atoms with Crippen molar-refractivity contribution >= 4 is 38.9 Å². The number of fused-ring (bicyclic) bond motifs is 2.